The Balaban J connectivity index is 0.00000196. The molecule has 3 rings (SSSR count). The van der Waals surface area contributed by atoms with Crippen LogP contribution in [0.25, 0.3) is 16.5 Å². The van der Waals surface area contributed by atoms with Gasteiger partial charge in [0.1, 0.15) is 0 Å². The summed E-state index contributed by atoms with van der Waals surface area (Å²) >= 11 is 0. The van der Waals surface area contributed by atoms with Gasteiger partial charge in [0.25, 0.3) is 5.91 Å². The van der Waals surface area contributed by atoms with Crippen LogP contribution in [-0.4, -0.2) is 38.5 Å². The van der Waals surface area contributed by atoms with Crippen LogP contribution in [0.5, 0.6) is 0 Å². The molecule has 28 heavy (non-hydrogen) atoms. The Morgan fingerprint density at radius 2 is 2.00 bits per heavy atom. The minimum absolute atomic E-state index is 0. The van der Waals surface area contributed by atoms with Crippen LogP contribution in [0.3, 0.4) is 0 Å². The number of pyridine rings is 1. The number of carbonyl (C=O) groups is 1. The second kappa shape index (κ2) is 10.4. The first-order chi connectivity index (χ1) is 12.5. The summed E-state index contributed by atoms with van der Waals surface area (Å²) in [6, 6.07) is 7.73. The molecule has 0 radical (unpaired) electrons. The summed E-state index contributed by atoms with van der Waals surface area (Å²) in [5.74, 6) is 0.205. The van der Waals surface area contributed by atoms with Gasteiger partial charge in [-0.3, -0.25) is 9.78 Å². The Labute approximate surface area is 176 Å². The van der Waals surface area contributed by atoms with Crippen LogP contribution < -0.4 is 11.1 Å². The number of nitrogens with zero attached hydrogens (tertiary/aromatic N) is 4. The van der Waals surface area contributed by atoms with E-state index in [0.29, 0.717) is 23.9 Å². The normalized spacial score (nSPS) is 11.6. The molecule has 0 bridgehead atoms. The van der Waals surface area contributed by atoms with Crippen LogP contribution >= 0.6 is 24.8 Å². The van der Waals surface area contributed by atoms with E-state index >= 15 is 0 Å². The Bertz CT molecular complexity index is 922. The van der Waals surface area contributed by atoms with E-state index in [1.807, 2.05) is 31.2 Å². The molecule has 0 spiro atoms. The molecule has 1 amide bonds. The zero-order chi connectivity index (χ0) is 18.7. The summed E-state index contributed by atoms with van der Waals surface area (Å²) in [6.45, 7) is 6.44. The summed E-state index contributed by atoms with van der Waals surface area (Å²) in [5.41, 5.74) is 7.65. The molecule has 0 aliphatic carbocycles. The fraction of sp³-hybridized carbons (Fsp3) is 0.368. The van der Waals surface area contributed by atoms with Gasteiger partial charge in [0.05, 0.1) is 11.4 Å². The van der Waals surface area contributed by atoms with E-state index in [2.05, 4.69) is 34.5 Å². The summed E-state index contributed by atoms with van der Waals surface area (Å²) < 4.78 is 1.69. The van der Waals surface area contributed by atoms with Gasteiger partial charge in [-0.05, 0) is 31.4 Å². The Kier molecular flexibility index (Phi) is 8.81. The van der Waals surface area contributed by atoms with Gasteiger partial charge < -0.3 is 11.1 Å². The maximum atomic E-state index is 12.6. The molecule has 3 N–H and O–H groups in total. The van der Waals surface area contributed by atoms with E-state index < -0.39 is 0 Å². The summed E-state index contributed by atoms with van der Waals surface area (Å²) in [7, 11) is 0. The van der Waals surface area contributed by atoms with E-state index in [1.54, 1.807) is 17.1 Å². The van der Waals surface area contributed by atoms with Crippen molar-refractivity contribution in [2.45, 2.75) is 33.2 Å². The maximum Gasteiger partial charge on any atom is 0.274 e. The second-order valence-electron chi connectivity index (χ2n) is 6.84. The molecule has 0 aliphatic rings. The number of nitrogens with one attached hydrogen (secondary N) is 1. The van der Waals surface area contributed by atoms with Crippen LogP contribution in [0.1, 0.15) is 36.5 Å². The predicted molar refractivity (Wildman–Crippen MR) is 116 cm³/mol. The molecule has 1 atom stereocenters. The highest BCUT2D eigenvalue weighted by molar-refractivity contribution is 5.94. The number of carbonyl (C=O) groups excluding carboxylic acids is 1. The van der Waals surface area contributed by atoms with Crippen molar-refractivity contribution in [3.8, 4) is 5.69 Å². The summed E-state index contributed by atoms with van der Waals surface area (Å²) in [4.78, 5) is 16.8. The third kappa shape index (κ3) is 4.98. The lowest BCUT2D eigenvalue weighted by molar-refractivity contribution is 0.0928. The standard InChI is InChI=1S/C19H24N6O.2ClH/c1-12(2)9-15(10-20)22-19(26)18-13(3)25(24-23-18)17-6-4-5-14-11-21-8-7-16(14)17;;/h4-8,11-12,15H,9-10,20H2,1-3H3,(H,22,26);2*1H. The van der Waals surface area contributed by atoms with Gasteiger partial charge >= 0.3 is 0 Å². The van der Waals surface area contributed by atoms with Crippen molar-refractivity contribution in [1.82, 2.24) is 25.3 Å². The Hall–Kier alpha value is -2.22. The number of nitrogens with two attached hydrogens (primary N) is 1. The molecular formula is C19H26Cl2N6O. The van der Waals surface area contributed by atoms with Crippen LogP contribution in [-0.2, 0) is 0 Å². The molecule has 1 aromatic carbocycles. The average Bonchev–Trinajstić information content (AvgIpc) is 3.01. The van der Waals surface area contributed by atoms with Gasteiger partial charge in [-0.15, -0.1) is 29.9 Å². The highest BCUT2D eigenvalue weighted by Gasteiger charge is 2.21. The van der Waals surface area contributed by atoms with Gasteiger partial charge in [-0.1, -0.05) is 31.2 Å². The lowest BCUT2D eigenvalue weighted by Crippen LogP contribution is -2.41. The first kappa shape index (κ1) is 23.8. The molecule has 3 aromatic rings. The summed E-state index contributed by atoms with van der Waals surface area (Å²) in [6.07, 6.45) is 4.37. The maximum absolute atomic E-state index is 12.6. The molecule has 0 fully saturated rings. The van der Waals surface area contributed by atoms with Crippen molar-refractivity contribution >= 4 is 41.5 Å². The topological polar surface area (TPSA) is 98.7 Å². The molecule has 1 unspecified atom stereocenters. The minimum atomic E-state index is -0.244. The van der Waals surface area contributed by atoms with Crippen LogP contribution in [0, 0.1) is 12.8 Å². The first-order valence-corrected chi connectivity index (χ1v) is 8.77. The molecule has 152 valence electrons. The monoisotopic (exact) mass is 424 g/mol. The lowest BCUT2D eigenvalue weighted by atomic mass is 10.0. The molecule has 2 heterocycles. The largest absolute Gasteiger partial charge is 0.347 e. The number of halogens is 2. The zero-order valence-corrected chi connectivity index (χ0v) is 17.8. The minimum Gasteiger partial charge on any atom is -0.347 e. The average molecular weight is 425 g/mol. The van der Waals surface area contributed by atoms with Gasteiger partial charge in [-0.2, -0.15) is 0 Å². The Morgan fingerprint density at radius 3 is 2.68 bits per heavy atom. The lowest BCUT2D eigenvalue weighted by Gasteiger charge is -2.18. The van der Waals surface area contributed by atoms with E-state index in [4.69, 9.17) is 5.73 Å². The molecule has 0 saturated carbocycles. The molecular weight excluding hydrogens is 399 g/mol. The molecule has 0 aliphatic heterocycles. The smallest absolute Gasteiger partial charge is 0.274 e. The number of aromatic nitrogens is 4. The van der Waals surface area contributed by atoms with E-state index in [9.17, 15) is 4.79 Å². The third-order valence-corrected chi connectivity index (χ3v) is 4.37. The highest BCUT2D eigenvalue weighted by atomic mass is 35.5. The van der Waals surface area contributed by atoms with Crippen LogP contribution in [0.4, 0.5) is 0 Å². The van der Waals surface area contributed by atoms with Crippen molar-refractivity contribution in [2.24, 2.45) is 11.7 Å². The number of benzene rings is 1. The number of amides is 1. The fourth-order valence-corrected chi connectivity index (χ4v) is 3.09. The van der Waals surface area contributed by atoms with Gasteiger partial charge in [0.15, 0.2) is 5.69 Å². The van der Waals surface area contributed by atoms with E-state index in [-0.39, 0.29) is 36.8 Å². The Morgan fingerprint density at radius 1 is 1.25 bits per heavy atom. The second-order valence-corrected chi connectivity index (χ2v) is 6.84. The number of hydrogen-bond acceptors (Lipinski definition) is 5. The van der Waals surface area contributed by atoms with E-state index in [1.165, 1.54) is 0 Å². The van der Waals surface area contributed by atoms with Gasteiger partial charge in [0.2, 0.25) is 0 Å². The highest BCUT2D eigenvalue weighted by Crippen LogP contribution is 2.22. The summed E-state index contributed by atoms with van der Waals surface area (Å²) in [5, 5.41) is 13.3. The number of hydrogen-bond donors (Lipinski definition) is 2. The SMILES string of the molecule is Cc1c(C(=O)NC(CN)CC(C)C)nnn1-c1cccc2cnccc12.Cl.Cl. The molecule has 7 nitrogen and oxygen atoms in total. The van der Waals surface area contributed by atoms with Gasteiger partial charge in [0, 0.05) is 35.8 Å². The number of fused-ring (bicyclic) bond motifs is 1. The van der Waals surface area contributed by atoms with Crippen LogP contribution in [0.15, 0.2) is 36.7 Å². The molecule has 2 aromatic heterocycles. The van der Waals surface area contributed by atoms with Crippen molar-refractivity contribution in [3.05, 3.63) is 48.0 Å². The fourth-order valence-electron chi connectivity index (χ4n) is 3.09. The zero-order valence-electron chi connectivity index (χ0n) is 16.1. The van der Waals surface area contributed by atoms with Gasteiger partial charge in [-0.25, -0.2) is 4.68 Å². The molecule has 0 saturated heterocycles. The van der Waals surface area contributed by atoms with Crippen molar-refractivity contribution in [1.29, 1.82) is 0 Å². The van der Waals surface area contributed by atoms with Crippen LogP contribution in [0.2, 0.25) is 0 Å². The molecule has 9 heteroatoms. The first-order valence-electron chi connectivity index (χ1n) is 8.77. The quantitative estimate of drug-likeness (QED) is 0.633. The number of rotatable bonds is 6. The van der Waals surface area contributed by atoms with Crippen molar-refractivity contribution in [3.63, 3.8) is 0 Å². The van der Waals surface area contributed by atoms with Crippen molar-refractivity contribution < 1.29 is 4.79 Å². The van der Waals surface area contributed by atoms with Crippen molar-refractivity contribution in [2.75, 3.05) is 6.54 Å². The predicted octanol–water partition coefficient (Wildman–Crippen LogP) is 3.07. The third-order valence-electron chi connectivity index (χ3n) is 4.37. The van der Waals surface area contributed by atoms with E-state index in [0.717, 1.165) is 22.9 Å².